The third-order valence-corrected chi connectivity index (χ3v) is 2.16. The third-order valence-electron chi connectivity index (χ3n) is 1.72. The number of aryl methyl sites for hydroxylation is 1. The molecule has 2 aromatic heterocycles. The number of halogens is 1. The molecule has 0 fully saturated rings. The lowest BCUT2D eigenvalue weighted by molar-refractivity contribution is 0.525. The van der Waals surface area contributed by atoms with Crippen molar-refractivity contribution < 1.29 is 4.42 Å². The Hall–Kier alpha value is -0.900. The summed E-state index contributed by atoms with van der Waals surface area (Å²) < 4.78 is 6.40. The van der Waals surface area contributed by atoms with Gasteiger partial charge in [0.2, 0.25) is 0 Å². The van der Waals surface area contributed by atoms with Crippen LogP contribution in [0.15, 0.2) is 21.2 Å². The first-order chi connectivity index (χ1) is 6.29. The Morgan fingerprint density at radius 3 is 3.15 bits per heavy atom. The fourth-order valence-corrected chi connectivity index (χ4v) is 1.47. The number of hydrogen-bond acceptors (Lipinski definition) is 3. The van der Waals surface area contributed by atoms with E-state index >= 15 is 0 Å². The molecule has 0 aliphatic heterocycles. The average Bonchev–Trinajstić information content (AvgIpc) is 2.46. The minimum atomic E-state index is 0.687. The summed E-state index contributed by atoms with van der Waals surface area (Å²) >= 11 is 3.33. The summed E-state index contributed by atoms with van der Waals surface area (Å²) in [5.41, 5.74) is 1.43. The van der Waals surface area contributed by atoms with Crippen molar-refractivity contribution in [1.29, 1.82) is 0 Å². The minimum absolute atomic E-state index is 0.687. The average molecular weight is 241 g/mol. The molecule has 4 heteroatoms. The second kappa shape index (κ2) is 3.46. The van der Waals surface area contributed by atoms with Crippen molar-refractivity contribution in [2.45, 2.75) is 19.8 Å². The Morgan fingerprint density at radius 2 is 2.38 bits per heavy atom. The summed E-state index contributed by atoms with van der Waals surface area (Å²) in [6.45, 7) is 2.10. The maximum atomic E-state index is 5.49. The van der Waals surface area contributed by atoms with Crippen LogP contribution in [0.1, 0.15) is 19.2 Å². The standard InChI is InChI=1S/C9H9BrN2O/c1-2-3-8-12-9-7(13-8)4-6(10)5-11-9/h4-5H,2-3H2,1H3. The van der Waals surface area contributed by atoms with Crippen LogP contribution >= 0.6 is 15.9 Å². The second-order valence-electron chi connectivity index (χ2n) is 2.83. The molecule has 0 atom stereocenters. The van der Waals surface area contributed by atoms with Crippen molar-refractivity contribution in [2.24, 2.45) is 0 Å². The van der Waals surface area contributed by atoms with Crippen LogP contribution in [0.4, 0.5) is 0 Å². The van der Waals surface area contributed by atoms with E-state index in [4.69, 9.17) is 4.42 Å². The molecule has 0 amide bonds. The number of fused-ring (bicyclic) bond motifs is 1. The molecule has 13 heavy (non-hydrogen) atoms. The first-order valence-corrected chi connectivity index (χ1v) is 5.00. The van der Waals surface area contributed by atoms with Crippen molar-refractivity contribution >= 4 is 27.2 Å². The minimum Gasteiger partial charge on any atom is -0.439 e. The van der Waals surface area contributed by atoms with Crippen molar-refractivity contribution in [3.05, 3.63) is 22.6 Å². The highest BCUT2D eigenvalue weighted by molar-refractivity contribution is 9.10. The zero-order valence-electron chi connectivity index (χ0n) is 7.25. The topological polar surface area (TPSA) is 38.9 Å². The first kappa shape index (κ1) is 8.69. The number of rotatable bonds is 2. The number of aromatic nitrogens is 2. The lowest BCUT2D eigenvalue weighted by Crippen LogP contribution is -1.81. The van der Waals surface area contributed by atoms with E-state index in [0.717, 1.165) is 28.8 Å². The maximum Gasteiger partial charge on any atom is 0.198 e. The monoisotopic (exact) mass is 240 g/mol. The normalized spacial score (nSPS) is 10.9. The zero-order valence-corrected chi connectivity index (χ0v) is 8.84. The molecule has 68 valence electrons. The highest BCUT2D eigenvalue weighted by Gasteiger charge is 2.05. The summed E-state index contributed by atoms with van der Waals surface area (Å²) in [4.78, 5) is 8.38. The van der Waals surface area contributed by atoms with Gasteiger partial charge in [-0.25, -0.2) is 4.98 Å². The summed E-state index contributed by atoms with van der Waals surface area (Å²) in [6.07, 6.45) is 3.63. The molecule has 2 rings (SSSR count). The van der Waals surface area contributed by atoms with Gasteiger partial charge in [0.15, 0.2) is 17.1 Å². The van der Waals surface area contributed by atoms with Crippen molar-refractivity contribution in [3.63, 3.8) is 0 Å². The van der Waals surface area contributed by atoms with Gasteiger partial charge in [-0.3, -0.25) is 0 Å². The molecule has 0 unspecified atom stereocenters. The molecule has 3 nitrogen and oxygen atoms in total. The lowest BCUT2D eigenvalue weighted by Gasteiger charge is -1.86. The van der Waals surface area contributed by atoms with Gasteiger partial charge >= 0.3 is 0 Å². The Morgan fingerprint density at radius 1 is 1.54 bits per heavy atom. The molecule has 0 spiro atoms. The molecule has 2 aromatic rings. The number of nitrogens with zero attached hydrogens (tertiary/aromatic N) is 2. The van der Waals surface area contributed by atoms with E-state index in [1.54, 1.807) is 6.20 Å². The molecular weight excluding hydrogens is 232 g/mol. The van der Waals surface area contributed by atoms with Crippen LogP contribution in [0.3, 0.4) is 0 Å². The molecule has 0 radical (unpaired) electrons. The van der Waals surface area contributed by atoms with Crippen molar-refractivity contribution in [1.82, 2.24) is 9.97 Å². The number of hydrogen-bond donors (Lipinski definition) is 0. The van der Waals surface area contributed by atoms with E-state index in [-0.39, 0.29) is 0 Å². The van der Waals surface area contributed by atoms with E-state index in [0.29, 0.717) is 5.65 Å². The quantitative estimate of drug-likeness (QED) is 0.811. The molecule has 0 bridgehead atoms. The predicted octanol–water partition coefficient (Wildman–Crippen LogP) is 2.94. The Labute approximate surface area is 84.3 Å². The van der Waals surface area contributed by atoms with E-state index in [9.17, 15) is 0 Å². The Kier molecular flexibility index (Phi) is 2.31. The van der Waals surface area contributed by atoms with Gasteiger partial charge in [0, 0.05) is 23.2 Å². The number of pyridine rings is 1. The maximum absolute atomic E-state index is 5.49. The van der Waals surface area contributed by atoms with Gasteiger partial charge in [0.1, 0.15) is 0 Å². The first-order valence-electron chi connectivity index (χ1n) is 4.20. The summed E-state index contributed by atoms with van der Waals surface area (Å²) in [5, 5.41) is 0. The van der Waals surface area contributed by atoms with E-state index in [1.807, 2.05) is 6.07 Å². The van der Waals surface area contributed by atoms with Gasteiger partial charge in [-0.05, 0) is 22.4 Å². The molecule has 0 saturated heterocycles. The highest BCUT2D eigenvalue weighted by atomic mass is 79.9. The molecule has 2 heterocycles. The molecule has 0 saturated carbocycles. The largest absolute Gasteiger partial charge is 0.439 e. The van der Waals surface area contributed by atoms with Crippen molar-refractivity contribution in [2.75, 3.05) is 0 Å². The van der Waals surface area contributed by atoms with Gasteiger partial charge in [-0.15, -0.1) is 0 Å². The smallest absolute Gasteiger partial charge is 0.198 e. The lowest BCUT2D eigenvalue weighted by atomic mass is 10.3. The van der Waals surface area contributed by atoms with Gasteiger partial charge in [-0.2, -0.15) is 4.98 Å². The van der Waals surface area contributed by atoms with Crippen LogP contribution in [0.2, 0.25) is 0 Å². The molecule has 0 N–H and O–H groups in total. The van der Waals surface area contributed by atoms with Crippen LogP contribution < -0.4 is 0 Å². The predicted molar refractivity (Wildman–Crippen MR) is 53.5 cm³/mol. The molecule has 0 aliphatic carbocycles. The Bertz CT molecular complexity index is 424. The number of oxazole rings is 1. The van der Waals surface area contributed by atoms with Gasteiger partial charge in [0.05, 0.1) is 0 Å². The van der Waals surface area contributed by atoms with Crippen LogP contribution in [0, 0.1) is 0 Å². The molecule has 0 aliphatic rings. The summed E-state index contributed by atoms with van der Waals surface area (Å²) in [6, 6.07) is 1.88. The van der Waals surface area contributed by atoms with Crippen LogP contribution in [0.5, 0.6) is 0 Å². The summed E-state index contributed by atoms with van der Waals surface area (Å²) in [5.74, 6) is 0.767. The van der Waals surface area contributed by atoms with E-state index in [1.165, 1.54) is 0 Å². The van der Waals surface area contributed by atoms with Crippen LogP contribution in [0.25, 0.3) is 11.2 Å². The van der Waals surface area contributed by atoms with Gasteiger partial charge in [-0.1, -0.05) is 6.92 Å². The highest BCUT2D eigenvalue weighted by Crippen LogP contribution is 2.18. The van der Waals surface area contributed by atoms with E-state index < -0.39 is 0 Å². The molecular formula is C9H9BrN2O. The SMILES string of the molecule is CCCc1nc2ncc(Br)cc2o1. The third kappa shape index (κ3) is 1.72. The summed E-state index contributed by atoms with van der Waals surface area (Å²) in [7, 11) is 0. The fourth-order valence-electron chi connectivity index (χ4n) is 1.16. The van der Waals surface area contributed by atoms with Crippen LogP contribution in [-0.2, 0) is 6.42 Å². The Balaban J connectivity index is 2.49. The van der Waals surface area contributed by atoms with Gasteiger partial charge in [0.25, 0.3) is 0 Å². The van der Waals surface area contributed by atoms with Crippen molar-refractivity contribution in [3.8, 4) is 0 Å². The van der Waals surface area contributed by atoms with E-state index in [2.05, 4.69) is 32.8 Å². The zero-order chi connectivity index (χ0) is 9.26. The van der Waals surface area contributed by atoms with Crippen LogP contribution in [-0.4, -0.2) is 9.97 Å². The second-order valence-corrected chi connectivity index (χ2v) is 3.75. The van der Waals surface area contributed by atoms with Gasteiger partial charge < -0.3 is 4.42 Å². The molecule has 0 aromatic carbocycles. The fraction of sp³-hybridized carbons (Fsp3) is 0.333.